The summed E-state index contributed by atoms with van der Waals surface area (Å²) in [4.78, 5) is 3.83. The summed E-state index contributed by atoms with van der Waals surface area (Å²) < 4.78 is 31.0. The van der Waals surface area contributed by atoms with E-state index in [-0.39, 0.29) is 15.9 Å². The van der Waals surface area contributed by atoms with Crippen LogP contribution >= 0.6 is 11.6 Å². The van der Waals surface area contributed by atoms with Crippen molar-refractivity contribution in [3.63, 3.8) is 0 Å². The molecule has 8 heteroatoms. The molecule has 0 aliphatic rings. The zero-order valence-electron chi connectivity index (χ0n) is 9.34. The highest BCUT2D eigenvalue weighted by atomic mass is 35.5. The van der Waals surface area contributed by atoms with Gasteiger partial charge >= 0.3 is 6.01 Å². The van der Waals surface area contributed by atoms with Crippen molar-refractivity contribution in [1.82, 2.24) is 4.98 Å². The molecule has 0 unspecified atom stereocenters. The molecule has 1 aromatic heterocycles. The number of nitrogens with zero attached hydrogens (tertiary/aromatic N) is 1. The molecule has 1 aromatic carbocycles. The first-order valence-electron chi connectivity index (χ1n) is 4.88. The summed E-state index contributed by atoms with van der Waals surface area (Å²) in [7, 11) is -3.79. The first kappa shape index (κ1) is 12.7. The first-order valence-corrected chi connectivity index (χ1v) is 6.74. The van der Waals surface area contributed by atoms with Gasteiger partial charge in [-0.25, -0.2) is 13.1 Å². The summed E-state index contributed by atoms with van der Waals surface area (Å²) in [5.41, 5.74) is 6.39. The lowest BCUT2D eigenvalue weighted by molar-refractivity contribution is 0.569. The fourth-order valence-electron chi connectivity index (χ4n) is 1.25. The lowest BCUT2D eigenvalue weighted by Crippen LogP contribution is -2.13. The number of nitrogens with one attached hydrogen (secondary N) is 1. The van der Waals surface area contributed by atoms with Crippen LogP contribution in [0.2, 0.25) is 5.02 Å². The van der Waals surface area contributed by atoms with Crippen LogP contribution in [-0.4, -0.2) is 13.4 Å². The molecule has 0 saturated carbocycles. The summed E-state index contributed by atoms with van der Waals surface area (Å²) in [6.07, 6.45) is 1.34. The predicted octanol–water partition coefficient (Wildman–Crippen LogP) is 2.02. The zero-order chi connectivity index (χ0) is 13.3. The molecule has 0 saturated heterocycles. The minimum Gasteiger partial charge on any atom is -0.431 e. The normalized spacial score (nSPS) is 11.4. The third-order valence-corrected chi connectivity index (χ3v) is 3.77. The van der Waals surface area contributed by atoms with Crippen LogP contribution in [-0.2, 0) is 10.0 Å². The number of benzene rings is 1. The number of oxazole rings is 1. The lowest BCUT2D eigenvalue weighted by atomic mass is 10.3. The van der Waals surface area contributed by atoms with Crippen LogP contribution in [0.25, 0.3) is 0 Å². The summed E-state index contributed by atoms with van der Waals surface area (Å²) in [6.45, 7) is 1.68. The summed E-state index contributed by atoms with van der Waals surface area (Å²) in [6, 6.07) is 3.92. The first-order chi connectivity index (χ1) is 8.38. The molecule has 1 heterocycles. The highest BCUT2D eigenvalue weighted by Crippen LogP contribution is 2.23. The number of anilines is 2. The van der Waals surface area contributed by atoms with E-state index >= 15 is 0 Å². The van der Waals surface area contributed by atoms with Gasteiger partial charge in [-0.05, 0) is 25.1 Å². The van der Waals surface area contributed by atoms with Gasteiger partial charge in [0, 0.05) is 0 Å². The van der Waals surface area contributed by atoms with Crippen molar-refractivity contribution in [1.29, 1.82) is 0 Å². The van der Waals surface area contributed by atoms with Gasteiger partial charge in [-0.2, -0.15) is 4.98 Å². The number of nitrogen functional groups attached to an aromatic ring is 1. The Morgan fingerprint density at radius 3 is 2.72 bits per heavy atom. The Morgan fingerprint density at radius 1 is 1.44 bits per heavy atom. The van der Waals surface area contributed by atoms with Crippen LogP contribution in [0, 0.1) is 6.92 Å². The van der Waals surface area contributed by atoms with Crippen LogP contribution in [0.15, 0.2) is 33.8 Å². The van der Waals surface area contributed by atoms with E-state index in [2.05, 4.69) is 9.71 Å². The lowest BCUT2D eigenvalue weighted by Gasteiger charge is -2.05. The summed E-state index contributed by atoms with van der Waals surface area (Å²) in [5, 5.41) is 0.168. The SMILES string of the molecule is Cc1coc(NS(=O)(=O)c2ccc(N)c(Cl)c2)n1. The molecule has 0 spiro atoms. The number of aromatic nitrogens is 1. The summed E-state index contributed by atoms with van der Waals surface area (Å²) in [5.74, 6) is 0. The van der Waals surface area contributed by atoms with Crippen LogP contribution in [0.1, 0.15) is 5.69 Å². The molecule has 0 atom stereocenters. The second-order valence-electron chi connectivity index (χ2n) is 3.58. The van der Waals surface area contributed by atoms with Crippen LogP contribution in [0.5, 0.6) is 0 Å². The third-order valence-electron chi connectivity index (χ3n) is 2.12. The Bertz CT molecular complexity index is 681. The van der Waals surface area contributed by atoms with Gasteiger partial charge in [-0.15, -0.1) is 0 Å². The van der Waals surface area contributed by atoms with E-state index < -0.39 is 10.0 Å². The molecule has 6 nitrogen and oxygen atoms in total. The van der Waals surface area contributed by atoms with Crippen molar-refractivity contribution >= 4 is 33.3 Å². The molecule has 0 bridgehead atoms. The minimum absolute atomic E-state index is 0.0162. The van der Waals surface area contributed by atoms with E-state index in [9.17, 15) is 8.42 Å². The molecular formula is C10H10ClN3O3S. The van der Waals surface area contributed by atoms with Gasteiger partial charge in [0.2, 0.25) is 0 Å². The van der Waals surface area contributed by atoms with E-state index in [1.54, 1.807) is 6.92 Å². The van der Waals surface area contributed by atoms with Crippen molar-refractivity contribution < 1.29 is 12.8 Å². The zero-order valence-corrected chi connectivity index (χ0v) is 10.9. The maximum Gasteiger partial charge on any atom is 0.309 e. The van der Waals surface area contributed by atoms with Crippen molar-refractivity contribution in [3.8, 4) is 0 Å². The molecule has 0 aliphatic heterocycles. The minimum atomic E-state index is -3.79. The second kappa shape index (κ2) is 4.51. The predicted molar refractivity (Wildman–Crippen MR) is 67.9 cm³/mol. The molecule has 3 N–H and O–H groups in total. The van der Waals surface area contributed by atoms with E-state index in [1.807, 2.05) is 0 Å². The third kappa shape index (κ3) is 2.57. The highest BCUT2D eigenvalue weighted by molar-refractivity contribution is 7.92. The monoisotopic (exact) mass is 287 g/mol. The van der Waals surface area contributed by atoms with E-state index in [4.69, 9.17) is 21.8 Å². The Labute approximate surface area is 109 Å². The number of halogens is 1. The van der Waals surface area contributed by atoms with Gasteiger partial charge in [-0.1, -0.05) is 11.6 Å². The number of hydrogen-bond donors (Lipinski definition) is 2. The van der Waals surface area contributed by atoms with E-state index in [1.165, 1.54) is 24.5 Å². The van der Waals surface area contributed by atoms with Crippen molar-refractivity contribution in [3.05, 3.63) is 35.2 Å². The van der Waals surface area contributed by atoms with Gasteiger partial charge in [0.05, 0.1) is 21.3 Å². The van der Waals surface area contributed by atoms with Crippen LogP contribution in [0.4, 0.5) is 11.7 Å². The fourth-order valence-corrected chi connectivity index (χ4v) is 2.46. The molecule has 0 radical (unpaired) electrons. The Morgan fingerprint density at radius 2 is 2.17 bits per heavy atom. The largest absolute Gasteiger partial charge is 0.431 e. The molecule has 0 amide bonds. The maximum absolute atomic E-state index is 12.0. The number of rotatable bonds is 3. The molecule has 18 heavy (non-hydrogen) atoms. The number of hydrogen-bond acceptors (Lipinski definition) is 5. The average Bonchev–Trinajstić information content (AvgIpc) is 2.67. The molecule has 2 aromatic rings. The van der Waals surface area contributed by atoms with Crippen LogP contribution in [0.3, 0.4) is 0 Å². The van der Waals surface area contributed by atoms with Crippen molar-refractivity contribution in [2.45, 2.75) is 11.8 Å². The number of sulfonamides is 1. The summed E-state index contributed by atoms with van der Waals surface area (Å²) >= 11 is 5.77. The molecule has 0 fully saturated rings. The molecule has 2 rings (SSSR count). The van der Waals surface area contributed by atoms with E-state index in [0.717, 1.165) is 0 Å². The Balaban J connectivity index is 2.33. The Hall–Kier alpha value is -1.73. The maximum atomic E-state index is 12.0. The van der Waals surface area contributed by atoms with E-state index in [0.29, 0.717) is 11.4 Å². The highest BCUT2D eigenvalue weighted by Gasteiger charge is 2.17. The number of nitrogens with two attached hydrogens (primary N) is 1. The molecule has 0 aliphatic carbocycles. The topological polar surface area (TPSA) is 98.2 Å². The van der Waals surface area contributed by atoms with Crippen molar-refractivity contribution in [2.75, 3.05) is 10.5 Å². The van der Waals surface area contributed by atoms with Gasteiger partial charge in [0.1, 0.15) is 6.26 Å². The quantitative estimate of drug-likeness (QED) is 0.842. The van der Waals surface area contributed by atoms with Gasteiger partial charge in [0.15, 0.2) is 0 Å². The second-order valence-corrected chi connectivity index (χ2v) is 5.67. The number of aryl methyl sites for hydroxylation is 1. The standard InChI is InChI=1S/C10H10ClN3O3S/c1-6-5-17-10(13-6)14-18(15,16)7-2-3-9(12)8(11)4-7/h2-5H,12H2,1H3,(H,13,14). The average molecular weight is 288 g/mol. The van der Waals surface area contributed by atoms with Crippen LogP contribution < -0.4 is 10.5 Å². The van der Waals surface area contributed by atoms with Crippen molar-refractivity contribution in [2.24, 2.45) is 0 Å². The molecule has 96 valence electrons. The molecular weight excluding hydrogens is 278 g/mol. The van der Waals surface area contributed by atoms with Gasteiger partial charge in [-0.3, -0.25) is 0 Å². The fraction of sp³-hybridized carbons (Fsp3) is 0.100. The van der Waals surface area contributed by atoms with Gasteiger partial charge in [0.25, 0.3) is 10.0 Å². The van der Waals surface area contributed by atoms with Gasteiger partial charge < -0.3 is 10.2 Å². The Kier molecular flexibility index (Phi) is 3.18. The smallest absolute Gasteiger partial charge is 0.309 e.